The molecule has 0 bridgehead atoms. The molecule has 0 aliphatic heterocycles. The third-order valence-electron chi connectivity index (χ3n) is 4.32. The number of halogens is 1. The fourth-order valence-electron chi connectivity index (χ4n) is 3.06. The SMILES string of the molecule is O=C(O)CCC(c1ccccc1)c1cccc(-c2ccc(Br)cc2)c1. The lowest BCUT2D eigenvalue weighted by Gasteiger charge is -2.18. The van der Waals surface area contributed by atoms with Gasteiger partial charge in [-0.15, -0.1) is 0 Å². The summed E-state index contributed by atoms with van der Waals surface area (Å²) < 4.78 is 1.05. The molecule has 25 heavy (non-hydrogen) atoms. The molecule has 3 rings (SSSR count). The maximum Gasteiger partial charge on any atom is 0.303 e. The lowest BCUT2D eigenvalue weighted by Crippen LogP contribution is -2.05. The van der Waals surface area contributed by atoms with Gasteiger partial charge in [-0.25, -0.2) is 0 Å². The van der Waals surface area contributed by atoms with Crippen LogP contribution in [0.2, 0.25) is 0 Å². The minimum absolute atomic E-state index is 0.0766. The van der Waals surface area contributed by atoms with Gasteiger partial charge in [0.15, 0.2) is 0 Å². The molecule has 0 heterocycles. The van der Waals surface area contributed by atoms with Gasteiger partial charge in [-0.05, 0) is 40.8 Å². The minimum atomic E-state index is -0.759. The van der Waals surface area contributed by atoms with Crippen LogP contribution in [0.25, 0.3) is 11.1 Å². The zero-order valence-corrected chi connectivity index (χ0v) is 15.3. The van der Waals surface area contributed by atoms with Crippen LogP contribution < -0.4 is 0 Å². The van der Waals surface area contributed by atoms with Crippen molar-refractivity contribution in [3.63, 3.8) is 0 Å². The van der Waals surface area contributed by atoms with Gasteiger partial charge in [-0.3, -0.25) is 4.79 Å². The van der Waals surface area contributed by atoms with E-state index in [9.17, 15) is 4.79 Å². The molecular formula is C22H19BrO2. The van der Waals surface area contributed by atoms with Crippen LogP contribution in [0, 0.1) is 0 Å². The van der Waals surface area contributed by atoms with E-state index in [0.29, 0.717) is 6.42 Å². The second-order valence-electron chi connectivity index (χ2n) is 6.03. The molecule has 0 spiro atoms. The van der Waals surface area contributed by atoms with Crippen molar-refractivity contribution in [2.45, 2.75) is 18.8 Å². The van der Waals surface area contributed by atoms with Crippen molar-refractivity contribution in [3.8, 4) is 11.1 Å². The maximum atomic E-state index is 11.1. The first kappa shape index (κ1) is 17.4. The van der Waals surface area contributed by atoms with E-state index in [1.54, 1.807) is 0 Å². The summed E-state index contributed by atoms with van der Waals surface area (Å²) in [6.07, 6.45) is 0.741. The van der Waals surface area contributed by atoms with E-state index in [1.807, 2.05) is 36.4 Å². The summed E-state index contributed by atoms with van der Waals surface area (Å²) in [5, 5.41) is 9.11. The highest BCUT2D eigenvalue weighted by molar-refractivity contribution is 9.10. The second-order valence-corrected chi connectivity index (χ2v) is 6.94. The molecule has 1 N–H and O–H groups in total. The molecule has 1 unspecified atom stereocenters. The van der Waals surface area contributed by atoms with Crippen molar-refractivity contribution in [1.29, 1.82) is 0 Å². The molecule has 0 aliphatic rings. The molecule has 3 heteroatoms. The number of carbonyl (C=O) groups is 1. The first-order valence-electron chi connectivity index (χ1n) is 8.26. The lowest BCUT2D eigenvalue weighted by atomic mass is 9.86. The fraction of sp³-hybridized carbons (Fsp3) is 0.136. The van der Waals surface area contributed by atoms with Crippen molar-refractivity contribution in [2.24, 2.45) is 0 Å². The molecule has 0 saturated heterocycles. The van der Waals surface area contributed by atoms with Gasteiger partial charge in [-0.1, -0.05) is 82.7 Å². The van der Waals surface area contributed by atoms with Crippen LogP contribution >= 0.6 is 15.9 Å². The molecule has 0 saturated carbocycles. The van der Waals surface area contributed by atoms with Crippen molar-refractivity contribution in [1.82, 2.24) is 0 Å². The molecule has 0 fully saturated rings. The molecule has 0 amide bonds. The average Bonchev–Trinajstić information content (AvgIpc) is 2.63. The number of carboxylic acids is 1. The van der Waals surface area contributed by atoms with Gasteiger partial charge in [0.25, 0.3) is 0 Å². The van der Waals surface area contributed by atoms with E-state index in [4.69, 9.17) is 5.11 Å². The summed E-state index contributed by atoms with van der Waals surface area (Å²) in [6.45, 7) is 0. The lowest BCUT2D eigenvalue weighted by molar-refractivity contribution is -0.137. The molecule has 126 valence electrons. The van der Waals surface area contributed by atoms with Crippen LogP contribution in [-0.2, 0) is 4.79 Å². The monoisotopic (exact) mass is 394 g/mol. The smallest absolute Gasteiger partial charge is 0.303 e. The highest BCUT2D eigenvalue weighted by atomic mass is 79.9. The third-order valence-corrected chi connectivity index (χ3v) is 4.84. The summed E-state index contributed by atoms with van der Waals surface area (Å²) in [6, 6.07) is 26.7. The van der Waals surface area contributed by atoms with Gasteiger partial charge >= 0.3 is 5.97 Å². The molecule has 2 nitrogen and oxygen atoms in total. The van der Waals surface area contributed by atoms with Crippen molar-refractivity contribution in [2.75, 3.05) is 0 Å². The molecule has 0 aromatic heterocycles. The first-order chi connectivity index (χ1) is 12.1. The van der Waals surface area contributed by atoms with Crippen LogP contribution in [-0.4, -0.2) is 11.1 Å². The number of hydrogen-bond donors (Lipinski definition) is 1. The normalized spacial score (nSPS) is 11.9. The maximum absolute atomic E-state index is 11.1. The highest BCUT2D eigenvalue weighted by Crippen LogP contribution is 2.32. The standard InChI is InChI=1S/C22H19BrO2/c23-20-11-9-16(10-12-20)18-7-4-8-19(15-18)21(13-14-22(24)25)17-5-2-1-3-6-17/h1-12,15,21H,13-14H2,(H,24,25). The Morgan fingerprint density at radius 1 is 0.840 bits per heavy atom. The Labute approximate surface area is 156 Å². The quantitative estimate of drug-likeness (QED) is 0.547. The number of carboxylic acid groups (broad SMARTS) is 1. The molecule has 1 atom stereocenters. The Morgan fingerprint density at radius 2 is 1.52 bits per heavy atom. The zero-order chi connectivity index (χ0) is 17.6. The third kappa shape index (κ3) is 4.58. The van der Waals surface area contributed by atoms with E-state index in [0.717, 1.165) is 26.7 Å². The molecule has 0 aliphatic carbocycles. The van der Waals surface area contributed by atoms with Crippen molar-refractivity contribution >= 4 is 21.9 Å². The van der Waals surface area contributed by atoms with Crippen LogP contribution in [0.1, 0.15) is 29.9 Å². The van der Waals surface area contributed by atoms with Gasteiger partial charge in [0, 0.05) is 16.8 Å². The summed E-state index contributed by atoms with van der Waals surface area (Å²) in [7, 11) is 0. The van der Waals surface area contributed by atoms with E-state index < -0.39 is 5.97 Å². The second kappa shape index (κ2) is 8.13. The minimum Gasteiger partial charge on any atom is -0.481 e. The van der Waals surface area contributed by atoms with Gasteiger partial charge in [0.2, 0.25) is 0 Å². The number of hydrogen-bond acceptors (Lipinski definition) is 1. The zero-order valence-electron chi connectivity index (χ0n) is 13.7. The van der Waals surface area contributed by atoms with E-state index in [1.165, 1.54) is 0 Å². The highest BCUT2D eigenvalue weighted by Gasteiger charge is 2.16. The van der Waals surface area contributed by atoms with Crippen LogP contribution in [0.3, 0.4) is 0 Å². The summed E-state index contributed by atoms with van der Waals surface area (Å²) in [5.74, 6) is -0.683. The Morgan fingerprint density at radius 3 is 2.20 bits per heavy atom. The average molecular weight is 395 g/mol. The molecule has 3 aromatic rings. The molecule has 0 radical (unpaired) electrons. The fourth-order valence-corrected chi connectivity index (χ4v) is 3.32. The Bertz CT molecular complexity index is 841. The molecular weight excluding hydrogens is 376 g/mol. The van der Waals surface area contributed by atoms with Crippen LogP contribution in [0.5, 0.6) is 0 Å². The predicted octanol–water partition coefficient (Wildman–Crippen LogP) is 6.11. The first-order valence-corrected chi connectivity index (χ1v) is 9.05. The van der Waals surface area contributed by atoms with Gasteiger partial charge < -0.3 is 5.11 Å². The molecule has 3 aromatic carbocycles. The largest absolute Gasteiger partial charge is 0.481 e. The number of benzene rings is 3. The van der Waals surface area contributed by atoms with Gasteiger partial charge in [0.1, 0.15) is 0 Å². The summed E-state index contributed by atoms with van der Waals surface area (Å²) in [4.78, 5) is 11.1. The van der Waals surface area contributed by atoms with Crippen LogP contribution in [0.15, 0.2) is 83.3 Å². The summed E-state index contributed by atoms with van der Waals surface area (Å²) >= 11 is 3.46. The summed E-state index contributed by atoms with van der Waals surface area (Å²) in [5.41, 5.74) is 4.58. The Hall–Kier alpha value is -2.39. The van der Waals surface area contributed by atoms with Crippen molar-refractivity contribution < 1.29 is 9.90 Å². The number of aliphatic carboxylic acids is 1. The predicted molar refractivity (Wildman–Crippen MR) is 105 cm³/mol. The van der Waals surface area contributed by atoms with Gasteiger partial charge in [0.05, 0.1) is 0 Å². The number of rotatable bonds is 6. The van der Waals surface area contributed by atoms with E-state index >= 15 is 0 Å². The Balaban J connectivity index is 1.96. The topological polar surface area (TPSA) is 37.3 Å². The van der Waals surface area contributed by atoms with Crippen LogP contribution in [0.4, 0.5) is 0 Å². The van der Waals surface area contributed by atoms with Crippen molar-refractivity contribution in [3.05, 3.63) is 94.5 Å². The van der Waals surface area contributed by atoms with E-state index in [-0.39, 0.29) is 12.3 Å². The Kier molecular flexibility index (Phi) is 5.67. The van der Waals surface area contributed by atoms with Gasteiger partial charge in [-0.2, -0.15) is 0 Å². The van der Waals surface area contributed by atoms with E-state index in [2.05, 4.69) is 58.4 Å².